The van der Waals surface area contributed by atoms with Crippen molar-refractivity contribution < 1.29 is 23.5 Å². The number of methoxy groups -OCH3 is 1. The van der Waals surface area contributed by atoms with Crippen LogP contribution in [0.2, 0.25) is 0 Å². The number of aromatic nitrogens is 2. The first-order valence-electron chi connectivity index (χ1n) is 7.24. The first-order valence-corrected chi connectivity index (χ1v) is 8.05. The van der Waals surface area contributed by atoms with E-state index in [4.69, 9.17) is 13.9 Å². The van der Waals surface area contributed by atoms with Crippen molar-refractivity contribution in [2.75, 3.05) is 7.11 Å². The molecule has 0 radical (unpaired) electrons. The van der Waals surface area contributed by atoms with E-state index >= 15 is 0 Å². The average molecular weight is 362 g/mol. The summed E-state index contributed by atoms with van der Waals surface area (Å²) in [4.78, 5) is 43.5. The van der Waals surface area contributed by atoms with Crippen LogP contribution in [-0.2, 0) is 16.1 Å². The van der Waals surface area contributed by atoms with Gasteiger partial charge in [0.05, 0.1) is 18.8 Å². The number of aromatic amines is 1. The molecule has 0 fully saturated rings. The predicted octanol–water partition coefficient (Wildman–Crippen LogP) is 2.34. The second-order valence-electron chi connectivity index (χ2n) is 5.21. The normalized spacial score (nSPS) is 10.8. The summed E-state index contributed by atoms with van der Waals surface area (Å²) in [6.45, 7) is 3.09. The van der Waals surface area contributed by atoms with Gasteiger partial charge in [0.15, 0.2) is 0 Å². The van der Waals surface area contributed by atoms with Crippen LogP contribution < -0.4 is 5.56 Å². The van der Waals surface area contributed by atoms with Gasteiger partial charge >= 0.3 is 11.9 Å². The molecule has 3 aromatic heterocycles. The van der Waals surface area contributed by atoms with Crippen molar-refractivity contribution in [3.8, 4) is 0 Å². The number of carbonyl (C=O) groups is 2. The summed E-state index contributed by atoms with van der Waals surface area (Å²) in [6.07, 6.45) is 1.39. The molecule has 0 saturated carbocycles. The highest BCUT2D eigenvalue weighted by atomic mass is 32.1. The van der Waals surface area contributed by atoms with E-state index < -0.39 is 17.5 Å². The van der Waals surface area contributed by atoms with Crippen molar-refractivity contribution in [2.24, 2.45) is 0 Å². The molecule has 0 saturated heterocycles. The summed E-state index contributed by atoms with van der Waals surface area (Å²) in [5, 5.41) is 0.325. The molecular weight excluding hydrogens is 348 g/mol. The Labute approximate surface area is 145 Å². The van der Waals surface area contributed by atoms with E-state index in [2.05, 4.69) is 9.97 Å². The Morgan fingerprint density at radius 3 is 2.72 bits per heavy atom. The van der Waals surface area contributed by atoms with Crippen LogP contribution in [0.5, 0.6) is 0 Å². The largest absolute Gasteiger partial charge is 0.469 e. The quantitative estimate of drug-likeness (QED) is 0.709. The molecule has 0 aliphatic carbocycles. The minimum absolute atomic E-state index is 0.185. The van der Waals surface area contributed by atoms with Crippen LogP contribution >= 0.6 is 11.3 Å². The van der Waals surface area contributed by atoms with Gasteiger partial charge in [-0.05, 0) is 25.5 Å². The summed E-state index contributed by atoms with van der Waals surface area (Å²) in [6, 6.07) is 1.50. The number of aryl methyl sites for hydroxylation is 2. The number of ether oxygens (including phenoxy) is 2. The van der Waals surface area contributed by atoms with Gasteiger partial charge < -0.3 is 18.9 Å². The lowest BCUT2D eigenvalue weighted by Crippen LogP contribution is -2.14. The number of fused-ring (bicyclic) bond motifs is 1. The van der Waals surface area contributed by atoms with E-state index in [1.807, 2.05) is 0 Å². The molecule has 0 aliphatic heterocycles. The number of carbonyl (C=O) groups excluding carboxylic acids is 2. The second-order valence-corrected chi connectivity index (χ2v) is 6.21. The van der Waals surface area contributed by atoms with E-state index in [1.165, 1.54) is 19.4 Å². The van der Waals surface area contributed by atoms with Gasteiger partial charge in [0.2, 0.25) is 0 Å². The zero-order chi connectivity index (χ0) is 18.1. The highest BCUT2D eigenvalue weighted by Crippen LogP contribution is 2.27. The Morgan fingerprint density at radius 1 is 1.32 bits per heavy atom. The van der Waals surface area contributed by atoms with Crippen LogP contribution in [0.15, 0.2) is 21.5 Å². The molecule has 0 bridgehead atoms. The van der Waals surface area contributed by atoms with Gasteiger partial charge in [-0.2, -0.15) is 0 Å². The van der Waals surface area contributed by atoms with Gasteiger partial charge in [-0.25, -0.2) is 14.6 Å². The third-order valence-electron chi connectivity index (χ3n) is 3.64. The maximum atomic E-state index is 12.3. The number of nitrogens with zero attached hydrogens (tertiary/aromatic N) is 1. The fourth-order valence-corrected chi connectivity index (χ4v) is 3.47. The number of H-pyrrole nitrogens is 1. The maximum absolute atomic E-state index is 12.3. The monoisotopic (exact) mass is 362 g/mol. The molecule has 9 heteroatoms. The van der Waals surface area contributed by atoms with Crippen molar-refractivity contribution >= 4 is 33.5 Å². The summed E-state index contributed by atoms with van der Waals surface area (Å²) < 4.78 is 14.9. The number of furan rings is 1. The first kappa shape index (κ1) is 16.9. The van der Waals surface area contributed by atoms with Crippen molar-refractivity contribution in [1.82, 2.24) is 9.97 Å². The third-order valence-corrected chi connectivity index (χ3v) is 4.80. The second kappa shape index (κ2) is 6.52. The van der Waals surface area contributed by atoms with Gasteiger partial charge in [-0.1, -0.05) is 0 Å². The van der Waals surface area contributed by atoms with Crippen LogP contribution in [0.3, 0.4) is 0 Å². The van der Waals surface area contributed by atoms with Crippen LogP contribution in [0.25, 0.3) is 10.2 Å². The van der Waals surface area contributed by atoms with Crippen LogP contribution in [0.1, 0.15) is 37.2 Å². The lowest BCUT2D eigenvalue weighted by Gasteiger charge is -2.03. The van der Waals surface area contributed by atoms with E-state index in [1.54, 1.807) is 13.8 Å². The summed E-state index contributed by atoms with van der Waals surface area (Å²) >= 11 is 1.06. The summed E-state index contributed by atoms with van der Waals surface area (Å²) in [5.41, 5.74) is 0.418. The molecule has 0 unspecified atom stereocenters. The Kier molecular flexibility index (Phi) is 4.41. The molecule has 1 N–H and O–H groups in total. The Bertz CT molecular complexity index is 1030. The van der Waals surface area contributed by atoms with Crippen molar-refractivity contribution in [1.29, 1.82) is 0 Å². The molecule has 0 aromatic carbocycles. The number of nitrogens with one attached hydrogen (secondary N) is 1. The smallest absolute Gasteiger partial charge is 0.348 e. The summed E-state index contributed by atoms with van der Waals surface area (Å²) in [7, 11) is 1.27. The summed E-state index contributed by atoms with van der Waals surface area (Å²) in [5.74, 6) is -0.474. The molecule has 0 atom stereocenters. The number of esters is 2. The number of thiophene rings is 1. The standard InChI is InChI=1S/C16H14N2O6S/c1-7-11-13(19)17-10(18-14(11)25-12(7)16(21)22-3)6-24-15(20)9-4-5-23-8(9)2/h4-5H,6H2,1-3H3,(H,17,18,19). The van der Waals surface area contributed by atoms with Crippen LogP contribution in [0.4, 0.5) is 0 Å². The molecule has 8 nitrogen and oxygen atoms in total. The van der Waals surface area contributed by atoms with Crippen molar-refractivity contribution in [2.45, 2.75) is 20.5 Å². The number of hydrogen-bond donors (Lipinski definition) is 1. The fourth-order valence-electron chi connectivity index (χ4n) is 2.35. The van der Waals surface area contributed by atoms with Gasteiger partial charge in [0.25, 0.3) is 5.56 Å². The molecule has 0 spiro atoms. The Balaban J connectivity index is 1.88. The lowest BCUT2D eigenvalue weighted by molar-refractivity contribution is 0.0460. The minimum Gasteiger partial charge on any atom is -0.469 e. The van der Waals surface area contributed by atoms with E-state index in [-0.39, 0.29) is 12.4 Å². The van der Waals surface area contributed by atoms with Gasteiger partial charge in [0, 0.05) is 0 Å². The SMILES string of the molecule is COC(=O)c1sc2nc(COC(=O)c3ccoc3C)[nH]c(=O)c2c1C. The minimum atomic E-state index is -0.577. The van der Waals surface area contributed by atoms with Crippen LogP contribution in [-0.4, -0.2) is 29.0 Å². The van der Waals surface area contributed by atoms with Crippen molar-refractivity contribution in [3.05, 3.63) is 50.3 Å². The maximum Gasteiger partial charge on any atom is 0.348 e. The first-order chi connectivity index (χ1) is 11.9. The highest BCUT2D eigenvalue weighted by molar-refractivity contribution is 7.20. The topological polar surface area (TPSA) is 111 Å². The van der Waals surface area contributed by atoms with E-state index in [0.717, 1.165) is 11.3 Å². The number of hydrogen-bond acceptors (Lipinski definition) is 8. The van der Waals surface area contributed by atoms with Crippen LogP contribution in [0, 0.1) is 13.8 Å². The zero-order valence-electron chi connectivity index (χ0n) is 13.7. The van der Waals surface area contributed by atoms with E-state index in [0.29, 0.717) is 32.0 Å². The Morgan fingerprint density at radius 2 is 2.08 bits per heavy atom. The molecule has 3 aromatic rings. The lowest BCUT2D eigenvalue weighted by atomic mass is 10.2. The molecule has 130 valence electrons. The third kappa shape index (κ3) is 3.05. The average Bonchev–Trinajstić information content (AvgIpc) is 3.15. The number of rotatable bonds is 4. The van der Waals surface area contributed by atoms with Gasteiger partial charge in [0.1, 0.15) is 33.5 Å². The van der Waals surface area contributed by atoms with E-state index in [9.17, 15) is 14.4 Å². The molecule has 3 rings (SSSR count). The molecule has 25 heavy (non-hydrogen) atoms. The van der Waals surface area contributed by atoms with Gasteiger partial charge in [-0.3, -0.25) is 4.79 Å². The Hall–Kier alpha value is -2.94. The van der Waals surface area contributed by atoms with Crippen molar-refractivity contribution in [3.63, 3.8) is 0 Å². The van der Waals surface area contributed by atoms with Gasteiger partial charge in [-0.15, -0.1) is 11.3 Å². The molecule has 0 amide bonds. The zero-order valence-corrected chi connectivity index (χ0v) is 14.5. The predicted molar refractivity (Wildman–Crippen MR) is 88.9 cm³/mol. The molecule has 3 heterocycles. The molecule has 0 aliphatic rings. The highest BCUT2D eigenvalue weighted by Gasteiger charge is 2.20. The fraction of sp³-hybridized carbons (Fsp3) is 0.250. The molecular formula is C16H14N2O6S.